The van der Waals surface area contributed by atoms with Crippen molar-refractivity contribution >= 4 is 28.8 Å². The van der Waals surface area contributed by atoms with Crippen molar-refractivity contribution in [1.29, 1.82) is 0 Å². The number of hydrogen-bond acceptors (Lipinski definition) is 3. The molecule has 174 valence electrons. The maximum absolute atomic E-state index is 14.1. The molecule has 7 heteroatoms. The third-order valence-electron chi connectivity index (χ3n) is 6.49. The summed E-state index contributed by atoms with van der Waals surface area (Å²) in [6.45, 7) is 4.77. The number of piperazine rings is 1. The molecule has 1 amide bonds. The Labute approximate surface area is 203 Å². The van der Waals surface area contributed by atoms with E-state index in [9.17, 15) is 9.18 Å². The van der Waals surface area contributed by atoms with Crippen molar-refractivity contribution in [2.45, 2.75) is 19.3 Å². The van der Waals surface area contributed by atoms with Crippen LogP contribution in [0.15, 0.2) is 73.1 Å². The zero-order chi connectivity index (χ0) is 23.7. The fourth-order valence-electron chi connectivity index (χ4n) is 4.67. The summed E-state index contributed by atoms with van der Waals surface area (Å²) in [6, 6.07) is 18.3. The van der Waals surface area contributed by atoms with E-state index >= 15 is 0 Å². The van der Waals surface area contributed by atoms with Crippen molar-refractivity contribution in [3.63, 3.8) is 0 Å². The van der Waals surface area contributed by atoms with Crippen molar-refractivity contribution in [2.24, 2.45) is 0 Å². The molecule has 5 nitrogen and oxygen atoms in total. The molecule has 0 saturated carbocycles. The Kier molecular flexibility index (Phi) is 6.24. The van der Waals surface area contributed by atoms with E-state index in [1.165, 1.54) is 12.1 Å². The lowest BCUT2D eigenvalue weighted by molar-refractivity contribution is -0.131. The van der Waals surface area contributed by atoms with E-state index in [1.807, 2.05) is 64.9 Å². The molecule has 0 spiro atoms. The largest absolute Gasteiger partial charge is 0.368 e. The lowest BCUT2D eigenvalue weighted by Crippen LogP contribution is -2.49. The first-order chi connectivity index (χ1) is 16.5. The molecule has 1 aliphatic rings. The summed E-state index contributed by atoms with van der Waals surface area (Å²) in [5.74, 6) is -0.552. The Hall–Kier alpha value is -3.38. The van der Waals surface area contributed by atoms with Crippen LogP contribution in [0, 0.1) is 12.7 Å². The summed E-state index contributed by atoms with van der Waals surface area (Å²) in [6.07, 6.45) is 4.02. The Morgan fingerprint density at radius 1 is 1.06 bits per heavy atom. The van der Waals surface area contributed by atoms with Crippen molar-refractivity contribution in [3.8, 4) is 0 Å². The molecule has 2 aromatic heterocycles. The Balaban J connectivity index is 1.37. The van der Waals surface area contributed by atoms with Gasteiger partial charge < -0.3 is 14.2 Å². The summed E-state index contributed by atoms with van der Waals surface area (Å²) in [7, 11) is 0. The lowest BCUT2D eigenvalue weighted by atomic mass is 9.92. The molecule has 0 bridgehead atoms. The molecule has 1 unspecified atom stereocenters. The van der Waals surface area contributed by atoms with E-state index in [0.717, 1.165) is 41.2 Å². The fourth-order valence-corrected chi connectivity index (χ4v) is 4.85. The zero-order valence-electron chi connectivity index (χ0n) is 19.0. The van der Waals surface area contributed by atoms with Gasteiger partial charge in [0.2, 0.25) is 5.91 Å². The molecule has 5 rings (SSSR count). The number of carbonyl (C=O) groups excluding carboxylic acids is 1. The molecule has 1 atom stereocenters. The van der Waals surface area contributed by atoms with Crippen molar-refractivity contribution in [2.75, 3.05) is 31.1 Å². The van der Waals surface area contributed by atoms with Gasteiger partial charge in [0, 0.05) is 61.6 Å². The summed E-state index contributed by atoms with van der Waals surface area (Å²) in [5.41, 5.74) is 4.65. The van der Waals surface area contributed by atoms with Crippen LogP contribution < -0.4 is 4.90 Å². The standard InChI is InChI=1S/C27H26ClFN4O/c1-19-8-9-33-25(18-30-26(33)14-19)24(20-4-2-6-22(29)15-20)17-27(34)32-12-10-31(11-13-32)23-7-3-5-21(28)16-23/h2-9,14-16,18,24H,10-13,17H2,1H3. The van der Waals surface area contributed by atoms with Crippen molar-refractivity contribution < 1.29 is 9.18 Å². The molecule has 1 saturated heterocycles. The highest BCUT2D eigenvalue weighted by atomic mass is 35.5. The zero-order valence-corrected chi connectivity index (χ0v) is 19.8. The number of carbonyl (C=O) groups is 1. The van der Waals surface area contributed by atoms with E-state index in [-0.39, 0.29) is 24.1 Å². The van der Waals surface area contributed by atoms with E-state index < -0.39 is 0 Å². The summed E-state index contributed by atoms with van der Waals surface area (Å²) >= 11 is 6.14. The van der Waals surface area contributed by atoms with Gasteiger partial charge in [-0.3, -0.25) is 4.79 Å². The lowest BCUT2D eigenvalue weighted by Gasteiger charge is -2.36. The second-order valence-electron chi connectivity index (χ2n) is 8.77. The molecule has 1 aliphatic heterocycles. The smallest absolute Gasteiger partial charge is 0.223 e. The first kappa shape index (κ1) is 22.4. The molecule has 0 aliphatic carbocycles. The highest BCUT2D eigenvalue weighted by molar-refractivity contribution is 6.30. The van der Waals surface area contributed by atoms with Gasteiger partial charge in [-0.25, -0.2) is 9.37 Å². The van der Waals surface area contributed by atoms with Crippen LogP contribution in [0.25, 0.3) is 5.65 Å². The molecular weight excluding hydrogens is 451 g/mol. The minimum absolute atomic E-state index is 0.0575. The second kappa shape index (κ2) is 9.47. The van der Waals surface area contributed by atoms with Gasteiger partial charge in [0.05, 0.1) is 5.69 Å². The Bertz CT molecular complexity index is 1330. The van der Waals surface area contributed by atoms with Crippen LogP contribution in [0.4, 0.5) is 10.1 Å². The van der Waals surface area contributed by atoms with E-state index in [4.69, 9.17) is 11.6 Å². The topological polar surface area (TPSA) is 40.9 Å². The normalized spacial score (nSPS) is 15.0. The van der Waals surface area contributed by atoms with E-state index in [2.05, 4.69) is 9.88 Å². The number of pyridine rings is 1. The van der Waals surface area contributed by atoms with Crippen LogP contribution in [-0.2, 0) is 4.79 Å². The van der Waals surface area contributed by atoms with Crippen LogP contribution in [0.5, 0.6) is 0 Å². The van der Waals surface area contributed by atoms with Gasteiger partial charge in [-0.05, 0) is 60.5 Å². The number of halogens is 2. The third-order valence-corrected chi connectivity index (χ3v) is 6.72. The Morgan fingerprint density at radius 2 is 1.85 bits per heavy atom. The quantitative estimate of drug-likeness (QED) is 0.392. The van der Waals surface area contributed by atoms with Gasteiger partial charge in [0.1, 0.15) is 11.5 Å². The highest BCUT2D eigenvalue weighted by Crippen LogP contribution is 2.31. The van der Waals surface area contributed by atoms with Gasteiger partial charge in [-0.15, -0.1) is 0 Å². The first-order valence-electron chi connectivity index (χ1n) is 11.5. The summed E-state index contributed by atoms with van der Waals surface area (Å²) in [5, 5.41) is 0.706. The molecule has 34 heavy (non-hydrogen) atoms. The van der Waals surface area contributed by atoms with Crippen molar-refractivity contribution in [3.05, 3.63) is 101 Å². The number of fused-ring (bicyclic) bond motifs is 1. The number of aryl methyl sites for hydroxylation is 1. The Morgan fingerprint density at radius 3 is 2.62 bits per heavy atom. The average Bonchev–Trinajstić information content (AvgIpc) is 3.25. The minimum Gasteiger partial charge on any atom is -0.368 e. The SMILES string of the molecule is Cc1ccn2c(C(CC(=O)N3CCN(c4cccc(Cl)c4)CC3)c3cccc(F)c3)cnc2c1. The monoisotopic (exact) mass is 476 g/mol. The maximum Gasteiger partial charge on any atom is 0.223 e. The molecule has 1 fully saturated rings. The molecule has 0 radical (unpaired) electrons. The van der Waals surface area contributed by atoms with Crippen LogP contribution in [0.2, 0.25) is 5.02 Å². The molecule has 2 aromatic carbocycles. The van der Waals surface area contributed by atoms with Gasteiger partial charge in [-0.1, -0.05) is 29.8 Å². The number of aromatic nitrogens is 2. The van der Waals surface area contributed by atoms with Gasteiger partial charge in [-0.2, -0.15) is 0 Å². The van der Waals surface area contributed by atoms with Gasteiger partial charge in [0.25, 0.3) is 0 Å². The van der Waals surface area contributed by atoms with Crippen LogP contribution in [0.3, 0.4) is 0 Å². The summed E-state index contributed by atoms with van der Waals surface area (Å²) in [4.78, 5) is 22.1. The molecule has 3 heterocycles. The van der Waals surface area contributed by atoms with Crippen LogP contribution >= 0.6 is 11.6 Å². The van der Waals surface area contributed by atoms with Crippen LogP contribution in [-0.4, -0.2) is 46.4 Å². The van der Waals surface area contributed by atoms with Gasteiger partial charge in [0.15, 0.2) is 0 Å². The second-order valence-corrected chi connectivity index (χ2v) is 9.21. The predicted molar refractivity (Wildman–Crippen MR) is 133 cm³/mol. The molecule has 4 aromatic rings. The van der Waals surface area contributed by atoms with E-state index in [0.29, 0.717) is 18.1 Å². The van der Waals surface area contributed by atoms with Crippen molar-refractivity contribution in [1.82, 2.24) is 14.3 Å². The minimum atomic E-state index is -0.310. The highest BCUT2D eigenvalue weighted by Gasteiger charge is 2.27. The number of hydrogen-bond donors (Lipinski definition) is 0. The number of rotatable bonds is 5. The number of benzene rings is 2. The van der Waals surface area contributed by atoms with Gasteiger partial charge >= 0.3 is 0 Å². The average molecular weight is 477 g/mol. The number of imidazole rings is 1. The first-order valence-corrected chi connectivity index (χ1v) is 11.8. The number of nitrogens with zero attached hydrogens (tertiary/aromatic N) is 4. The van der Waals surface area contributed by atoms with E-state index in [1.54, 1.807) is 12.3 Å². The molecular formula is C27H26ClFN4O. The predicted octanol–water partition coefficient (Wildman–Crippen LogP) is 5.31. The summed E-state index contributed by atoms with van der Waals surface area (Å²) < 4.78 is 16.1. The maximum atomic E-state index is 14.1. The third kappa shape index (κ3) is 4.64. The number of amides is 1. The van der Waals surface area contributed by atoms with Crippen LogP contribution in [0.1, 0.15) is 29.2 Å². The number of anilines is 1. The fraction of sp³-hybridized carbons (Fsp3) is 0.259. The molecule has 0 N–H and O–H groups in total.